The normalized spacial score (nSPS) is 13.8. The van der Waals surface area contributed by atoms with Crippen molar-refractivity contribution in [2.24, 2.45) is 11.1 Å². The summed E-state index contributed by atoms with van der Waals surface area (Å²) in [5.74, 6) is 0.267. The Hall–Kier alpha value is -1.01. The van der Waals surface area contributed by atoms with Crippen LogP contribution in [0.25, 0.3) is 0 Å². The average Bonchev–Trinajstić information content (AvgIpc) is 2.32. The number of aromatic nitrogens is 1. The van der Waals surface area contributed by atoms with Crippen LogP contribution in [0.4, 0.5) is 5.82 Å². The number of hydrogen-bond acceptors (Lipinski definition) is 3. The van der Waals surface area contributed by atoms with Gasteiger partial charge in [0.2, 0.25) is 5.91 Å². The molecule has 0 bridgehead atoms. The van der Waals surface area contributed by atoms with Crippen LogP contribution in [0.5, 0.6) is 0 Å². The first-order chi connectivity index (χ1) is 8.31. The van der Waals surface area contributed by atoms with E-state index in [9.17, 15) is 4.79 Å². The number of nitrogens with one attached hydrogen (secondary N) is 1. The van der Waals surface area contributed by atoms with Crippen molar-refractivity contribution in [3.8, 4) is 0 Å². The predicted octanol–water partition coefficient (Wildman–Crippen LogP) is 2.79. The molecule has 4 nitrogen and oxygen atoms in total. The standard InChI is InChI=1S/C12H16BrN3OS/c1-4-12(3,10(14)18)11(17)16-9-5-7(2)8(13)6-15-9/h5-6H,4H2,1-3H3,(H2,14,18)(H,15,16,17). The zero-order valence-electron chi connectivity index (χ0n) is 10.6. The van der Waals surface area contributed by atoms with Gasteiger partial charge in [0.15, 0.2) is 0 Å². The minimum absolute atomic E-state index is 0.191. The number of halogens is 1. The molecule has 0 aliphatic heterocycles. The van der Waals surface area contributed by atoms with E-state index in [-0.39, 0.29) is 10.9 Å². The van der Waals surface area contributed by atoms with Gasteiger partial charge in [0.25, 0.3) is 0 Å². The highest BCUT2D eigenvalue weighted by atomic mass is 79.9. The summed E-state index contributed by atoms with van der Waals surface area (Å²) in [6.07, 6.45) is 2.19. The predicted molar refractivity (Wildman–Crippen MR) is 80.5 cm³/mol. The number of carbonyl (C=O) groups excluding carboxylic acids is 1. The van der Waals surface area contributed by atoms with Crippen LogP contribution in [-0.4, -0.2) is 15.9 Å². The van der Waals surface area contributed by atoms with Crippen molar-refractivity contribution in [3.05, 3.63) is 22.3 Å². The molecule has 0 aliphatic carbocycles. The first kappa shape index (κ1) is 15.0. The molecule has 1 heterocycles. The van der Waals surface area contributed by atoms with Gasteiger partial charge in [0, 0.05) is 10.7 Å². The number of anilines is 1. The summed E-state index contributed by atoms with van der Waals surface area (Å²) in [6, 6.07) is 1.79. The Kier molecular flexibility index (Phi) is 4.81. The van der Waals surface area contributed by atoms with Crippen LogP contribution >= 0.6 is 28.1 Å². The van der Waals surface area contributed by atoms with E-state index in [1.54, 1.807) is 19.2 Å². The summed E-state index contributed by atoms with van der Waals surface area (Å²) >= 11 is 8.31. The molecular formula is C12H16BrN3OS. The highest BCUT2D eigenvalue weighted by Gasteiger charge is 2.34. The Morgan fingerprint density at radius 3 is 2.72 bits per heavy atom. The maximum atomic E-state index is 12.2. The molecule has 1 atom stereocenters. The molecular weight excluding hydrogens is 314 g/mol. The summed E-state index contributed by atoms with van der Waals surface area (Å²) in [5.41, 5.74) is 5.78. The van der Waals surface area contributed by atoms with Gasteiger partial charge in [0.05, 0.1) is 10.4 Å². The van der Waals surface area contributed by atoms with Crippen molar-refractivity contribution in [3.63, 3.8) is 0 Å². The maximum Gasteiger partial charge on any atom is 0.238 e. The third-order valence-electron chi connectivity index (χ3n) is 3.04. The van der Waals surface area contributed by atoms with Crippen LogP contribution in [-0.2, 0) is 4.79 Å². The molecule has 1 aromatic rings. The van der Waals surface area contributed by atoms with Crippen LogP contribution < -0.4 is 11.1 Å². The lowest BCUT2D eigenvalue weighted by molar-refractivity contribution is -0.121. The zero-order chi connectivity index (χ0) is 13.9. The van der Waals surface area contributed by atoms with Crippen molar-refractivity contribution >= 4 is 44.9 Å². The van der Waals surface area contributed by atoms with Gasteiger partial charge in [-0.1, -0.05) is 19.1 Å². The average molecular weight is 330 g/mol. The fourth-order valence-electron chi connectivity index (χ4n) is 1.31. The number of thiocarbonyl (C=S) groups is 1. The van der Waals surface area contributed by atoms with E-state index in [1.807, 2.05) is 13.8 Å². The van der Waals surface area contributed by atoms with Gasteiger partial charge in [-0.15, -0.1) is 0 Å². The number of pyridine rings is 1. The summed E-state index contributed by atoms with van der Waals surface area (Å²) in [7, 11) is 0. The molecule has 1 amide bonds. The number of carbonyl (C=O) groups is 1. The van der Waals surface area contributed by atoms with E-state index in [2.05, 4.69) is 26.2 Å². The quantitative estimate of drug-likeness (QED) is 0.833. The van der Waals surface area contributed by atoms with Crippen molar-refractivity contribution in [1.29, 1.82) is 0 Å². The molecule has 0 aromatic carbocycles. The van der Waals surface area contributed by atoms with Crippen molar-refractivity contribution in [2.45, 2.75) is 27.2 Å². The summed E-state index contributed by atoms with van der Waals surface area (Å²) < 4.78 is 0.896. The maximum absolute atomic E-state index is 12.2. The van der Waals surface area contributed by atoms with E-state index < -0.39 is 5.41 Å². The number of hydrogen-bond donors (Lipinski definition) is 2. The number of nitrogens with zero attached hydrogens (tertiary/aromatic N) is 1. The van der Waals surface area contributed by atoms with E-state index >= 15 is 0 Å². The Morgan fingerprint density at radius 2 is 2.28 bits per heavy atom. The third kappa shape index (κ3) is 3.05. The SMILES string of the molecule is CCC(C)(C(=O)Nc1cc(C)c(Br)cn1)C(N)=S. The molecule has 6 heteroatoms. The molecule has 0 radical (unpaired) electrons. The van der Waals surface area contributed by atoms with E-state index in [4.69, 9.17) is 18.0 Å². The largest absolute Gasteiger partial charge is 0.392 e. The van der Waals surface area contributed by atoms with Gasteiger partial charge < -0.3 is 11.1 Å². The van der Waals surface area contributed by atoms with Crippen molar-refractivity contribution in [2.75, 3.05) is 5.32 Å². The molecule has 1 aromatic heterocycles. The van der Waals surface area contributed by atoms with Gasteiger partial charge in [0.1, 0.15) is 5.82 Å². The lowest BCUT2D eigenvalue weighted by atomic mass is 9.86. The summed E-state index contributed by atoms with van der Waals surface area (Å²) in [4.78, 5) is 16.5. The Bertz CT molecular complexity index is 492. The second kappa shape index (κ2) is 5.75. The highest BCUT2D eigenvalue weighted by Crippen LogP contribution is 2.24. The number of aryl methyl sites for hydroxylation is 1. The Labute approximate surface area is 120 Å². The fourth-order valence-corrected chi connectivity index (χ4v) is 1.76. The van der Waals surface area contributed by atoms with Crippen LogP contribution in [0.15, 0.2) is 16.7 Å². The first-order valence-electron chi connectivity index (χ1n) is 5.54. The zero-order valence-corrected chi connectivity index (χ0v) is 13.0. The van der Waals surface area contributed by atoms with Crippen LogP contribution in [0.2, 0.25) is 0 Å². The second-order valence-corrected chi connectivity index (χ2v) is 5.62. The minimum atomic E-state index is -0.849. The highest BCUT2D eigenvalue weighted by molar-refractivity contribution is 9.10. The molecule has 18 heavy (non-hydrogen) atoms. The van der Waals surface area contributed by atoms with Crippen LogP contribution in [0.1, 0.15) is 25.8 Å². The number of nitrogens with two attached hydrogens (primary N) is 1. The molecule has 0 spiro atoms. The third-order valence-corrected chi connectivity index (χ3v) is 4.32. The molecule has 3 N–H and O–H groups in total. The van der Waals surface area contributed by atoms with Crippen LogP contribution in [0.3, 0.4) is 0 Å². The fraction of sp³-hybridized carbons (Fsp3) is 0.417. The Morgan fingerprint density at radius 1 is 1.67 bits per heavy atom. The van der Waals surface area contributed by atoms with Crippen LogP contribution in [0, 0.1) is 12.3 Å². The lowest BCUT2D eigenvalue weighted by Crippen LogP contribution is -2.43. The monoisotopic (exact) mass is 329 g/mol. The van der Waals surface area contributed by atoms with Crippen molar-refractivity contribution in [1.82, 2.24) is 4.98 Å². The van der Waals surface area contributed by atoms with Crippen molar-refractivity contribution < 1.29 is 4.79 Å². The van der Waals surface area contributed by atoms with Gasteiger partial charge in [-0.05, 0) is 47.8 Å². The van der Waals surface area contributed by atoms with E-state index in [0.29, 0.717) is 12.2 Å². The number of amides is 1. The van der Waals surface area contributed by atoms with E-state index in [1.165, 1.54) is 0 Å². The van der Waals surface area contributed by atoms with Gasteiger partial charge in [-0.25, -0.2) is 4.98 Å². The summed E-state index contributed by atoms with van der Waals surface area (Å²) in [6.45, 7) is 5.53. The van der Waals surface area contributed by atoms with Gasteiger partial charge in [-0.3, -0.25) is 4.79 Å². The molecule has 1 rings (SSSR count). The molecule has 0 aliphatic rings. The van der Waals surface area contributed by atoms with Gasteiger partial charge >= 0.3 is 0 Å². The second-order valence-electron chi connectivity index (χ2n) is 4.32. The molecule has 1 unspecified atom stereocenters. The lowest BCUT2D eigenvalue weighted by Gasteiger charge is -2.25. The number of rotatable bonds is 4. The topological polar surface area (TPSA) is 68.0 Å². The smallest absolute Gasteiger partial charge is 0.238 e. The Balaban J connectivity index is 2.93. The molecule has 0 saturated heterocycles. The molecule has 0 fully saturated rings. The molecule has 98 valence electrons. The first-order valence-corrected chi connectivity index (χ1v) is 6.75. The van der Waals surface area contributed by atoms with E-state index in [0.717, 1.165) is 10.0 Å². The van der Waals surface area contributed by atoms with Gasteiger partial charge in [-0.2, -0.15) is 0 Å². The minimum Gasteiger partial charge on any atom is -0.392 e. The molecule has 0 saturated carbocycles. The summed E-state index contributed by atoms with van der Waals surface area (Å²) in [5, 5.41) is 2.74.